The Morgan fingerprint density at radius 3 is 2.50 bits per heavy atom. The largest absolute Gasteiger partial charge is 0.481 e. The summed E-state index contributed by atoms with van der Waals surface area (Å²) in [6.07, 6.45) is 2.26. The third-order valence-corrected chi connectivity index (χ3v) is 5.48. The van der Waals surface area contributed by atoms with Crippen LogP contribution in [0.4, 0.5) is 11.5 Å². The van der Waals surface area contributed by atoms with Gasteiger partial charge in [-0.1, -0.05) is 25.1 Å². The van der Waals surface area contributed by atoms with E-state index >= 15 is 0 Å². The summed E-state index contributed by atoms with van der Waals surface area (Å²) in [7, 11) is 1.69. The maximum absolute atomic E-state index is 13.1. The number of aromatic nitrogens is 2. The number of nitrogens with zero attached hydrogens (tertiary/aromatic N) is 3. The number of nitrogens with one attached hydrogen (secondary N) is 3. The molecule has 36 heavy (non-hydrogen) atoms. The van der Waals surface area contributed by atoms with Crippen molar-refractivity contribution in [1.82, 2.24) is 14.9 Å². The Balaban J connectivity index is 2.20. The number of Topliss-reactive ketones (excluding diaryl/α,β-unsaturated/α-hetero) is 1. The topological polar surface area (TPSA) is 183 Å². The van der Waals surface area contributed by atoms with Crippen LogP contribution >= 0.6 is 0 Å². The van der Waals surface area contributed by atoms with Crippen LogP contribution in [0.1, 0.15) is 32.7 Å². The standard InChI is InChI=1S/C24H31N7O5/c1-4-19(31-11-10-27-22(24(31)36)28-13-17(26)15(2)25)23(35)29-18(12-21(33)34)20(32)14-30(3)16-8-6-5-7-9-16/h5-11,18-19,25-26H,4,12-14H2,1-3H3,(H,27,28)(H,29,35)(H,33,34)/p+1. The zero-order valence-corrected chi connectivity index (χ0v) is 20.5. The summed E-state index contributed by atoms with van der Waals surface area (Å²) >= 11 is 0. The molecule has 12 nitrogen and oxygen atoms in total. The molecule has 0 aliphatic rings. The summed E-state index contributed by atoms with van der Waals surface area (Å²) in [6, 6.07) is 6.77. The first-order valence-corrected chi connectivity index (χ1v) is 11.3. The lowest BCUT2D eigenvalue weighted by Crippen LogP contribution is -2.49. The number of ketones is 1. The van der Waals surface area contributed by atoms with Gasteiger partial charge in [-0.05, 0) is 18.6 Å². The number of carboxylic acid groups (broad SMARTS) is 1. The zero-order chi connectivity index (χ0) is 26.8. The van der Waals surface area contributed by atoms with Crippen LogP contribution in [-0.4, -0.2) is 69.9 Å². The lowest BCUT2D eigenvalue weighted by atomic mass is 10.1. The van der Waals surface area contributed by atoms with Crippen LogP contribution in [0.25, 0.3) is 0 Å². The highest BCUT2D eigenvalue weighted by Crippen LogP contribution is 2.13. The molecule has 12 heteroatoms. The number of nitrogens with two attached hydrogens (primary N) is 1. The van der Waals surface area contributed by atoms with E-state index in [9.17, 15) is 24.3 Å². The number of benzene rings is 1. The molecular formula is C24H32N7O5+. The molecule has 1 heterocycles. The van der Waals surface area contributed by atoms with Gasteiger partial charge in [-0.2, -0.15) is 0 Å². The van der Waals surface area contributed by atoms with Crippen molar-refractivity contribution in [3.8, 4) is 0 Å². The Hall–Kier alpha value is -4.35. The van der Waals surface area contributed by atoms with Gasteiger partial charge in [0.1, 0.15) is 11.8 Å². The predicted molar refractivity (Wildman–Crippen MR) is 136 cm³/mol. The first-order chi connectivity index (χ1) is 17.0. The molecule has 0 aliphatic heterocycles. The van der Waals surface area contributed by atoms with Crippen molar-refractivity contribution in [2.75, 3.05) is 30.4 Å². The van der Waals surface area contributed by atoms with Crippen molar-refractivity contribution in [2.24, 2.45) is 0 Å². The number of aliphatic carboxylic acids is 1. The molecule has 2 aromatic rings. The second kappa shape index (κ2) is 12.9. The van der Waals surface area contributed by atoms with Crippen molar-refractivity contribution < 1.29 is 24.9 Å². The molecule has 0 fully saturated rings. The highest BCUT2D eigenvalue weighted by molar-refractivity contribution is 6.38. The summed E-state index contributed by atoms with van der Waals surface area (Å²) in [4.78, 5) is 56.0. The van der Waals surface area contributed by atoms with Crippen LogP contribution in [0.15, 0.2) is 47.5 Å². The third-order valence-electron chi connectivity index (χ3n) is 5.48. The van der Waals surface area contributed by atoms with Gasteiger partial charge < -0.3 is 20.6 Å². The lowest BCUT2D eigenvalue weighted by Gasteiger charge is -2.24. The number of likely N-dealkylation sites (N-methyl/N-ethyl adjacent to an activating group) is 1. The molecule has 192 valence electrons. The van der Waals surface area contributed by atoms with E-state index < -0.39 is 41.7 Å². The Labute approximate surface area is 208 Å². The Bertz CT molecular complexity index is 1180. The SMILES string of the molecule is CCC(C(=O)NC(CC(=O)O)C(=O)CN(C)c1ccccc1)n1ccnc(NCC(=N)C(C)=[NH2+])c1=O. The minimum Gasteiger partial charge on any atom is -0.481 e. The predicted octanol–water partition coefficient (Wildman–Crippen LogP) is -0.489. The Morgan fingerprint density at radius 2 is 1.92 bits per heavy atom. The minimum absolute atomic E-state index is 0.0261. The lowest BCUT2D eigenvalue weighted by molar-refractivity contribution is -0.140. The number of carbonyl (C=O) groups excluding carboxylic acids is 2. The molecule has 2 rings (SSSR count). The highest BCUT2D eigenvalue weighted by atomic mass is 16.4. The molecule has 1 aromatic heterocycles. The van der Waals surface area contributed by atoms with Crippen molar-refractivity contribution in [1.29, 1.82) is 5.41 Å². The van der Waals surface area contributed by atoms with Crippen molar-refractivity contribution in [3.05, 3.63) is 53.1 Å². The number of hydrogen-bond donors (Lipinski definition) is 5. The molecule has 0 saturated heterocycles. The quantitative estimate of drug-likeness (QED) is 0.216. The monoisotopic (exact) mass is 498 g/mol. The van der Waals surface area contributed by atoms with Crippen molar-refractivity contribution >= 4 is 40.6 Å². The summed E-state index contributed by atoms with van der Waals surface area (Å²) in [5.41, 5.74) is 0.534. The number of para-hydroxylation sites is 1. The first kappa shape index (κ1) is 27.9. The van der Waals surface area contributed by atoms with E-state index in [4.69, 9.17) is 10.8 Å². The van der Waals surface area contributed by atoms with E-state index in [1.165, 1.54) is 12.4 Å². The van der Waals surface area contributed by atoms with E-state index in [2.05, 4.69) is 15.6 Å². The third kappa shape index (κ3) is 7.58. The van der Waals surface area contributed by atoms with Gasteiger partial charge in [0.05, 0.1) is 25.6 Å². The smallest absolute Gasteiger partial charge is 0.305 e. The molecule has 0 bridgehead atoms. The molecule has 2 atom stereocenters. The van der Waals surface area contributed by atoms with Gasteiger partial charge in [-0.25, -0.2) is 4.98 Å². The summed E-state index contributed by atoms with van der Waals surface area (Å²) in [5, 5.41) is 27.9. The van der Waals surface area contributed by atoms with Crippen LogP contribution in [0.5, 0.6) is 0 Å². The van der Waals surface area contributed by atoms with Gasteiger partial charge in [0, 0.05) is 32.1 Å². The first-order valence-electron chi connectivity index (χ1n) is 11.3. The Morgan fingerprint density at radius 1 is 1.25 bits per heavy atom. The fraction of sp³-hybridized carbons (Fsp3) is 0.375. The van der Waals surface area contributed by atoms with E-state index in [1.807, 2.05) is 18.2 Å². The molecule has 1 amide bonds. The van der Waals surface area contributed by atoms with Crippen LogP contribution < -0.4 is 26.5 Å². The highest BCUT2D eigenvalue weighted by Gasteiger charge is 2.29. The molecule has 0 aliphatic carbocycles. The summed E-state index contributed by atoms with van der Waals surface area (Å²) in [6.45, 7) is 3.10. The number of anilines is 2. The molecular weight excluding hydrogens is 466 g/mol. The normalized spacial score (nSPS) is 12.2. The van der Waals surface area contributed by atoms with E-state index in [1.54, 1.807) is 37.9 Å². The minimum atomic E-state index is -1.28. The van der Waals surface area contributed by atoms with Gasteiger partial charge in [0.15, 0.2) is 17.3 Å². The van der Waals surface area contributed by atoms with Crippen LogP contribution in [0.3, 0.4) is 0 Å². The molecule has 2 unspecified atom stereocenters. The van der Waals surface area contributed by atoms with E-state index in [-0.39, 0.29) is 36.8 Å². The number of carboxylic acids is 1. The summed E-state index contributed by atoms with van der Waals surface area (Å²) in [5.74, 6) is -2.47. The maximum Gasteiger partial charge on any atom is 0.305 e. The van der Waals surface area contributed by atoms with Gasteiger partial charge in [0.25, 0.3) is 5.56 Å². The van der Waals surface area contributed by atoms with Crippen molar-refractivity contribution in [2.45, 2.75) is 38.8 Å². The maximum atomic E-state index is 13.1. The average molecular weight is 499 g/mol. The van der Waals surface area contributed by atoms with Crippen LogP contribution in [-0.2, 0) is 14.4 Å². The fourth-order valence-electron chi connectivity index (χ4n) is 3.42. The van der Waals surface area contributed by atoms with Gasteiger partial charge >= 0.3 is 5.97 Å². The van der Waals surface area contributed by atoms with Crippen LogP contribution in [0, 0.1) is 5.41 Å². The number of hydrogen-bond acceptors (Lipinski definition) is 8. The summed E-state index contributed by atoms with van der Waals surface area (Å²) < 4.78 is 1.16. The van der Waals surface area contributed by atoms with Crippen LogP contribution in [0.2, 0.25) is 0 Å². The molecule has 0 radical (unpaired) electrons. The van der Waals surface area contributed by atoms with Gasteiger partial charge in [0.2, 0.25) is 5.91 Å². The van der Waals surface area contributed by atoms with E-state index in [0.717, 1.165) is 10.3 Å². The van der Waals surface area contributed by atoms with Crippen molar-refractivity contribution in [3.63, 3.8) is 0 Å². The number of rotatable bonds is 14. The second-order valence-corrected chi connectivity index (χ2v) is 8.24. The number of amides is 1. The average Bonchev–Trinajstić information content (AvgIpc) is 2.84. The number of carbonyl (C=O) groups is 3. The Kier molecular flexibility index (Phi) is 10.0. The molecule has 0 saturated carbocycles. The fourth-order valence-corrected chi connectivity index (χ4v) is 3.42. The molecule has 6 N–H and O–H groups in total. The van der Waals surface area contributed by atoms with Gasteiger partial charge in [-0.15, -0.1) is 0 Å². The van der Waals surface area contributed by atoms with E-state index in [0.29, 0.717) is 0 Å². The molecule has 0 spiro atoms. The molecule has 1 aromatic carbocycles. The second-order valence-electron chi connectivity index (χ2n) is 8.24. The zero-order valence-electron chi connectivity index (χ0n) is 20.5. The van der Waals surface area contributed by atoms with Gasteiger partial charge in [-0.3, -0.25) is 34.6 Å².